The van der Waals surface area contributed by atoms with E-state index in [1.807, 2.05) is 0 Å². The number of unbranched alkanes of at least 4 members (excludes halogenated alkanes) is 56. The van der Waals surface area contributed by atoms with Crippen molar-refractivity contribution in [1.82, 2.24) is 0 Å². The van der Waals surface area contributed by atoms with Crippen LogP contribution in [0.2, 0.25) is 0 Å². The monoisotopic (exact) mass is 1220 g/mol. The molecule has 2 N–H and O–H groups in total. The summed E-state index contributed by atoms with van der Waals surface area (Å²) in [6.45, 7) is 36.3. The van der Waals surface area contributed by atoms with Crippen LogP contribution in [0.3, 0.4) is 0 Å². The van der Waals surface area contributed by atoms with Crippen LogP contribution in [0.5, 0.6) is 0 Å². The standard InChI is InChI=1S/8C10H22.H3O3P/c8*1-3-5-7-9-10-8-6-4-2;1-4(2)3/h8*3-10H2,1-2H3;4H,(H2,1,2,3). The molecule has 0 bridgehead atoms. The van der Waals surface area contributed by atoms with Gasteiger partial charge in [0.1, 0.15) is 0 Å². The van der Waals surface area contributed by atoms with E-state index in [2.05, 4.69) is 111 Å². The predicted molar refractivity (Wildman–Crippen MR) is 400 cm³/mol. The van der Waals surface area contributed by atoms with Crippen molar-refractivity contribution in [3.63, 3.8) is 0 Å². The molecule has 0 unspecified atom stereocenters. The van der Waals surface area contributed by atoms with E-state index in [1.54, 1.807) is 0 Å². The van der Waals surface area contributed by atoms with Gasteiger partial charge in [0.2, 0.25) is 0 Å². The second-order valence-corrected chi connectivity index (χ2v) is 25.8. The summed E-state index contributed by atoms with van der Waals surface area (Å²) in [5.74, 6) is 0. The molecular formula is C80H179O3P. The van der Waals surface area contributed by atoms with Crippen molar-refractivity contribution in [1.29, 1.82) is 0 Å². The van der Waals surface area contributed by atoms with Crippen molar-refractivity contribution in [2.75, 3.05) is 0 Å². The van der Waals surface area contributed by atoms with Gasteiger partial charge >= 0.3 is 8.25 Å². The average Bonchev–Trinajstić information content (AvgIpc) is 3.49. The summed E-state index contributed by atoms with van der Waals surface area (Å²) in [4.78, 5) is 14.3. The van der Waals surface area contributed by atoms with E-state index in [0.717, 1.165) is 0 Å². The molecular weight excluding hydrogens is 1040 g/mol. The highest BCUT2D eigenvalue weighted by atomic mass is 31.1. The molecule has 0 aliphatic heterocycles. The summed E-state index contributed by atoms with van der Waals surface area (Å²) >= 11 is 0. The molecule has 0 saturated heterocycles. The molecule has 0 aliphatic rings. The van der Waals surface area contributed by atoms with E-state index in [-0.39, 0.29) is 0 Å². The van der Waals surface area contributed by atoms with Gasteiger partial charge in [0, 0.05) is 0 Å². The third kappa shape index (κ3) is 172. The summed E-state index contributed by atoms with van der Waals surface area (Å²) in [5.41, 5.74) is 0. The van der Waals surface area contributed by atoms with Crippen molar-refractivity contribution in [3.8, 4) is 0 Å². The highest BCUT2D eigenvalue weighted by molar-refractivity contribution is 7.30. The van der Waals surface area contributed by atoms with Gasteiger partial charge in [0.15, 0.2) is 0 Å². The minimum absolute atomic E-state index is 1.37. The molecule has 0 amide bonds. The molecule has 522 valence electrons. The SMILES string of the molecule is CCCCCCCCCC.CCCCCCCCCC.CCCCCCCCCC.CCCCCCCCCC.CCCCCCCCCC.CCCCCCCCCC.CCCCCCCCCC.CCCCCCCCCC.O=[PH](O)O. The quantitative estimate of drug-likeness (QED) is 0.0471. The van der Waals surface area contributed by atoms with Crippen LogP contribution in [0.25, 0.3) is 0 Å². The second kappa shape index (κ2) is 124. The summed E-state index contributed by atoms with van der Waals surface area (Å²) in [6, 6.07) is 0. The van der Waals surface area contributed by atoms with E-state index in [4.69, 9.17) is 14.4 Å². The van der Waals surface area contributed by atoms with Crippen LogP contribution in [-0.4, -0.2) is 9.79 Å². The van der Waals surface area contributed by atoms with Crippen LogP contribution < -0.4 is 0 Å². The lowest BCUT2D eigenvalue weighted by Gasteiger charge is -1.97. The van der Waals surface area contributed by atoms with Crippen molar-refractivity contribution < 1.29 is 14.4 Å². The summed E-state index contributed by atoms with van der Waals surface area (Å²) in [6.07, 6.45) is 91.7. The van der Waals surface area contributed by atoms with Crippen LogP contribution in [-0.2, 0) is 4.57 Å². The van der Waals surface area contributed by atoms with E-state index < -0.39 is 8.25 Å². The third-order valence-corrected chi connectivity index (χ3v) is 15.7. The van der Waals surface area contributed by atoms with Gasteiger partial charge in [-0.25, -0.2) is 0 Å². The number of hydrogen-bond acceptors (Lipinski definition) is 1. The topological polar surface area (TPSA) is 57.5 Å². The van der Waals surface area contributed by atoms with Crippen molar-refractivity contribution >= 4 is 8.25 Å². The van der Waals surface area contributed by atoms with Gasteiger partial charge in [0.05, 0.1) is 0 Å². The number of hydrogen-bond donors (Lipinski definition) is 2. The zero-order chi connectivity index (χ0) is 64.8. The van der Waals surface area contributed by atoms with Crippen molar-refractivity contribution in [3.05, 3.63) is 0 Å². The molecule has 3 nitrogen and oxygen atoms in total. The van der Waals surface area contributed by atoms with Crippen LogP contribution in [0.15, 0.2) is 0 Å². The van der Waals surface area contributed by atoms with Gasteiger partial charge in [-0.3, -0.25) is 4.57 Å². The lowest BCUT2D eigenvalue weighted by atomic mass is 10.1. The fraction of sp³-hybridized carbons (Fsp3) is 1.00. The zero-order valence-corrected chi connectivity index (χ0v) is 64.1. The molecule has 84 heavy (non-hydrogen) atoms. The Morgan fingerprint density at radius 3 is 0.202 bits per heavy atom. The molecule has 0 saturated carbocycles. The highest BCUT2D eigenvalue weighted by Gasteiger charge is 1.93. The molecule has 0 radical (unpaired) electrons. The highest BCUT2D eigenvalue weighted by Crippen LogP contribution is 2.13. The summed E-state index contributed by atoms with van der Waals surface area (Å²) in [7, 11) is -3.13. The summed E-state index contributed by atoms with van der Waals surface area (Å²) < 4.78 is 8.74. The first-order chi connectivity index (χ1) is 41.0. The van der Waals surface area contributed by atoms with Gasteiger partial charge in [-0.1, -0.05) is 522 Å². The average molecular weight is 1220 g/mol. The van der Waals surface area contributed by atoms with Crippen LogP contribution in [0, 0.1) is 0 Å². The Hall–Kier alpha value is 0.150. The maximum atomic E-state index is 8.74. The first-order valence-electron chi connectivity index (χ1n) is 40.0. The minimum Gasteiger partial charge on any atom is -0.326 e. The lowest BCUT2D eigenvalue weighted by molar-refractivity contribution is 0.405. The molecule has 0 fully saturated rings. The van der Waals surface area contributed by atoms with Gasteiger partial charge in [0.25, 0.3) is 0 Å². The molecule has 0 atom stereocenters. The predicted octanol–water partition coefficient (Wildman–Crippen LogP) is 32.5. The van der Waals surface area contributed by atoms with E-state index in [0.29, 0.717) is 0 Å². The summed E-state index contributed by atoms with van der Waals surface area (Å²) in [5, 5.41) is 0. The fourth-order valence-electron chi connectivity index (χ4n) is 9.66. The lowest BCUT2D eigenvalue weighted by Crippen LogP contribution is -1.77. The Morgan fingerprint density at radius 2 is 0.167 bits per heavy atom. The molecule has 0 rings (SSSR count). The number of rotatable bonds is 56. The molecule has 0 aromatic carbocycles. The molecule has 4 heteroatoms. The van der Waals surface area contributed by atoms with Gasteiger partial charge in [-0.2, -0.15) is 0 Å². The third-order valence-electron chi connectivity index (χ3n) is 15.7. The van der Waals surface area contributed by atoms with Crippen molar-refractivity contribution in [2.45, 2.75) is 522 Å². The maximum Gasteiger partial charge on any atom is 0.314 e. The largest absolute Gasteiger partial charge is 0.326 e. The van der Waals surface area contributed by atoms with Crippen molar-refractivity contribution in [2.24, 2.45) is 0 Å². The Bertz CT molecular complexity index is 621. The second-order valence-electron chi connectivity index (χ2n) is 25.3. The first-order valence-corrected chi connectivity index (χ1v) is 41.3. The van der Waals surface area contributed by atoms with Gasteiger partial charge < -0.3 is 9.79 Å². The van der Waals surface area contributed by atoms with Crippen LogP contribution in [0.1, 0.15) is 522 Å². The molecule has 0 aliphatic carbocycles. The molecule has 0 aromatic heterocycles. The Labute approximate surface area is 541 Å². The Balaban J connectivity index is -0.000000108. The Kier molecular flexibility index (Phi) is 153. The van der Waals surface area contributed by atoms with Gasteiger partial charge in [-0.05, 0) is 0 Å². The minimum atomic E-state index is -3.13. The molecule has 0 aromatic rings. The van der Waals surface area contributed by atoms with E-state index in [1.165, 1.54) is 411 Å². The normalized spacial score (nSPS) is 10.1. The van der Waals surface area contributed by atoms with Crippen LogP contribution >= 0.6 is 8.25 Å². The van der Waals surface area contributed by atoms with E-state index in [9.17, 15) is 0 Å². The maximum absolute atomic E-state index is 8.74. The van der Waals surface area contributed by atoms with E-state index >= 15 is 0 Å². The first kappa shape index (κ1) is 103. The smallest absolute Gasteiger partial charge is 0.314 e. The molecule has 0 spiro atoms. The zero-order valence-electron chi connectivity index (χ0n) is 63.1. The molecule has 0 heterocycles. The van der Waals surface area contributed by atoms with Crippen LogP contribution in [0.4, 0.5) is 0 Å². The Morgan fingerprint density at radius 1 is 0.131 bits per heavy atom. The van der Waals surface area contributed by atoms with Gasteiger partial charge in [-0.15, -0.1) is 0 Å². The fourth-order valence-corrected chi connectivity index (χ4v) is 9.66.